The fourth-order valence-electron chi connectivity index (χ4n) is 3.13. The summed E-state index contributed by atoms with van der Waals surface area (Å²) < 4.78 is 0. The number of hydrogen-bond acceptors (Lipinski definition) is 7. The van der Waals surface area contributed by atoms with E-state index in [2.05, 4.69) is 15.3 Å². The van der Waals surface area contributed by atoms with Gasteiger partial charge in [0.15, 0.2) is 0 Å². The lowest BCUT2D eigenvalue weighted by atomic mass is 10.1. The molecule has 0 atom stereocenters. The van der Waals surface area contributed by atoms with Gasteiger partial charge in [-0.15, -0.1) is 0 Å². The van der Waals surface area contributed by atoms with Crippen LogP contribution in [-0.2, 0) is 0 Å². The number of anilines is 2. The van der Waals surface area contributed by atoms with E-state index in [0.29, 0.717) is 35.5 Å². The number of imidazole rings is 1. The van der Waals surface area contributed by atoms with Crippen LogP contribution in [0.1, 0.15) is 24.2 Å². The summed E-state index contributed by atoms with van der Waals surface area (Å²) in [4.78, 5) is 52.2. The van der Waals surface area contributed by atoms with Gasteiger partial charge in [-0.25, -0.2) is 4.79 Å². The third kappa shape index (κ3) is 3.97. The number of non-ortho nitro benzene ring substituents is 2. The number of carbonyl (C=O) groups excluding carboxylic acids is 1. The van der Waals surface area contributed by atoms with Gasteiger partial charge in [-0.1, -0.05) is 0 Å². The van der Waals surface area contributed by atoms with Crippen molar-refractivity contribution in [2.75, 3.05) is 23.3 Å². The van der Waals surface area contributed by atoms with Gasteiger partial charge in [-0.3, -0.25) is 25.0 Å². The van der Waals surface area contributed by atoms with Gasteiger partial charge in [-0.05, 0) is 26.0 Å². The van der Waals surface area contributed by atoms with E-state index in [-0.39, 0.29) is 5.56 Å². The predicted molar refractivity (Wildman–Crippen MR) is 110 cm³/mol. The summed E-state index contributed by atoms with van der Waals surface area (Å²) in [6.45, 7) is 5.07. The van der Waals surface area contributed by atoms with Crippen molar-refractivity contribution >= 4 is 39.7 Å². The Bertz CT molecular complexity index is 1180. The molecule has 0 saturated heterocycles. The summed E-state index contributed by atoms with van der Waals surface area (Å²) in [5.41, 5.74) is 0.198. The molecule has 0 aliphatic carbocycles. The number of aromatic nitrogens is 2. The number of rotatable bonds is 7. The third-order valence-corrected chi connectivity index (χ3v) is 4.57. The molecule has 3 aromatic rings. The molecule has 30 heavy (non-hydrogen) atoms. The van der Waals surface area contributed by atoms with Gasteiger partial charge in [0.05, 0.1) is 43.9 Å². The number of nitrogens with zero attached hydrogens (tertiary/aromatic N) is 3. The zero-order chi connectivity index (χ0) is 22.0. The van der Waals surface area contributed by atoms with Crippen molar-refractivity contribution in [1.29, 1.82) is 0 Å². The molecule has 156 valence electrons. The van der Waals surface area contributed by atoms with Gasteiger partial charge in [0.1, 0.15) is 0 Å². The van der Waals surface area contributed by atoms with Crippen molar-refractivity contribution in [3.8, 4) is 0 Å². The Morgan fingerprint density at radius 3 is 2.00 bits per heavy atom. The standard InChI is InChI=1S/C18H18N6O6/c1-3-22(4-2)16-9-14-13(20-18(26)21-14)8-15(16)19-17(25)10-5-11(23(27)28)7-12(6-10)24(29)30/h5-9H,3-4H2,1-2H3,(H,19,25)(H2,20,21,26). The molecule has 12 nitrogen and oxygen atoms in total. The van der Waals surface area contributed by atoms with E-state index in [1.54, 1.807) is 12.1 Å². The maximum Gasteiger partial charge on any atom is 0.323 e. The molecule has 1 aromatic heterocycles. The molecule has 0 bridgehead atoms. The molecule has 0 aliphatic rings. The first kappa shape index (κ1) is 20.5. The van der Waals surface area contributed by atoms with E-state index >= 15 is 0 Å². The molecule has 1 amide bonds. The Labute approximate surface area is 168 Å². The molecule has 0 saturated carbocycles. The summed E-state index contributed by atoms with van der Waals surface area (Å²) in [5.74, 6) is -0.757. The smallest absolute Gasteiger partial charge is 0.323 e. The fraction of sp³-hybridized carbons (Fsp3) is 0.222. The number of carbonyl (C=O) groups is 1. The largest absolute Gasteiger partial charge is 0.370 e. The van der Waals surface area contributed by atoms with Crippen LogP contribution in [-0.4, -0.2) is 38.8 Å². The first-order valence-corrected chi connectivity index (χ1v) is 8.99. The number of hydrogen-bond donors (Lipinski definition) is 3. The summed E-state index contributed by atoms with van der Waals surface area (Å²) >= 11 is 0. The van der Waals surface area contributed by atoms with Crippen molar-refractivity contribution < 1.29 is 14.6 Å². The minimum Gasteiger partial charge on any atom is -0.370 e. The zero-order valence-electron chi connectivity index (χ0n) is 16.1. The zero-order valence-corrected chi connectivity index (χ0v) is 16.1. The Kier molecular flexibility index (Phi) is 5.49. The molecular weight excluding hydrogens is 396 g/mol. The maximum atomic E-state index is 12.8. The average Bonchev–Trinajstić information content (AvgIpc) is 3.07. The van der Waals surface area contributed by atoms with Crippen LogP contribution in [0.5, 0.6) is 0 Å². The molecular formula is C18H18N6O6. The van der Waals surface area contributed by atoms with Crippen molar-refractivity contribution in [1.82, 2.24) is 9.97 Å². The monoisotopic (exact) mass is 414 g/mol. The molecule has 0 unspecified atom stereocenters. The predicted octanol–water partition coefficient (Wildman–Crippen LogP) is 2.77. The van der Waals surface area contributed by atoms with E-state index in [1.165, 1.54) is 0 Å². The van der Waals surface area contributed by atoms with E-state index in [0.717, 1.165) is 18.2 Å². The number of amides is 1. The number of benzene rings is 2. The Morgan fingerprint density at radius 2 is 1.50 bits per heavy atom. The molecule has 0 aliphatic heterocycles. The molecule has 0 fully saturated rings. The van der Waals surface area contributed by atoms with Crippen LogP contribution in [0, 0.1) is 20.2 Å². The Hall–Kier alpha value is -4.22. The van der Waals surface area contributed by atoms with Gasteiger partial charge in [0.25, 0.3) is 17.3 Å². The minimum absolute atomic E-state index is 0.232. The lowest BCUT2D eigenvalue weighted by Gasteiger charge is -2.24. The molecule has 0 spiro atoms. The second-order valence-electron chi connectivity index (χ2n) is 6.37. The van der Waals surface area contributed by atoms with Crippen molar-refractivity contribution in [3.05, 3.63) is 66.6 Å². The molecule has 0 radical (unpaired) electrons. The van der Waals surface area contributed by atoms with Gasteiger partial charge in [0.2, 0.25) is 0 Å². The summed E-state index contributed by atoms with van der Waals surface area (Å²) in [7, 11) is 0. The minimum atomic E-state index is -0.804. The lowest BCUT2D eigenvalue weighted by Crippen LogP contribution is -2.24. The number of H-pyrrole nitrogens is 2. The van der Waals surface area contributed by atoms with Crippen LogP contribution in [0.3, 0.4) is 0 Å². The molecule has 12 heteroatoms. The van der Waals surface area contributed by atoms with E-state index in [1.807, 2.05) is 18.7 Å². The maximum absolute atomic E-state index is 12.8. The second kappa shape index (κ2) is 8.03. The lowest BCUT2D eigenvalue weighted by molar-refractivity contribution is -0.394. The Morgan fingerprint density at radius 1 is 0.967 bits per heavy atom. The van der Waals surface area contributed by atoms with Crippen LogP contribution < -0.4 is 15.9 Å². The highest BCUT2D eigenvalue weighted by Gasteiger charge is 2.21. The first-order chi connectivity index (χ1) is 14.2. The molecule has 3 rings (SSSR count). The first-order valence-electron chi connectivity index (χ1n) is 8.99. The van der Waals surface area contributed by atoms with Crippen LogP contribution >= 0.6 is 0 Å². The summed E-state index contributed by atoms with van der Waals surface area (Å²) in [6.07, 6.45) is 0. The van der Waals surface area contributed by atoms with Gasteiger partial charge in [-0.2, -0.15) is 0 Å². The van der Waals surface area contributed by atoms with Crippen LogP contribution in [0.25, 0.3) is 11.0 Å². The number of nitrogens with one attached hydrogen (secondary N) is 3. The van der Waals surface area contributed by atoms with E-state index < -0.39 is 32.8 Å². The average molecular weight is 414 g/mol. The number of nitro benzene ring substituents is 2. The highest BCUT2D eigenvalue weighted by Crippen LogP contribution is 2.31. The highest BCUT2D eigenvalue weighted by atomic mass is 16.6. The molecule has 2 aromatic carbocycles. The molecule has 1 heterocycles. The van der Waals surface area contributed by atoms with Crippen LogP contribution in [0.2, 0.25) is 0 Å². The summed E-state index contributed by atoms with van der Waals surface area (Å²) in [5, 5.41) is 24.8. The third-order valence-electron chi connectivity index (χ3n) is 4.57. The number of fused-ring (bicyclic) bond motifs is 1. The topological polar surface area (TPSA) is 167 Å². The number of nitro groups is 2. The Balaban J connectivity index is 2.08. The van der Waals surface area contributed by atoms with Gasteiger partial charge in [0, 0.05) is 25.2 Å². The van der Waals surface area contributed by atoms with Crippen LogP contribution in [0.15, 0.2) is 35.1 Å². The van der Waals surface area contributed by atoms with Gasteiger partial charge >= 0.3 is 5.69 Å². The van der Waals surface area contributed by atoms with Crippen molar-refractivity contribution in [3.63, 3.8) is 0 Å². The quantitative estimate of drug-likeness (QED) is 0.394. The fourth-order valence-corrected chi connectivity index (χ4v) is 3.13. The summed E-state index contributed by atoms with van der Waals surface area (Å²) in [6, 6.07) is 5.98. The molecule has 3 N–H and O–H groups in total. The highest BCUT2D eigenvalue weighted by molar-refractivity contribution is 6.08. The van der Waals surface area contributed by atoms with Crippen LogP contribution in [0.4, 0.5) is 22.7 Å². The van der Waals surface area contributed by atoms with Gasteiger partial charge < -0.3 is 20.2 Å². The SMILES string of the molecule is CCN(CC)c1cc2[nH]c(=O)[nH]c2cc1NC(=O)c1cc([N+](=O)[O-])cc([N+](=O)[O-])c1. The number of aromatic amines is 2. The normalized spacial score (nSPS) is 10.7. The van der Waals surface area contributed by atoms with E-state index in [9.17, 15) is 29.8 Å². The second-order valence-corrected chi connectivity index (χ2v) is 6.37. The van der Waals surface area contributed by atoms with Crippen molar-refractivity contribution in [2.24, 2.45) is 0 Å². The van der Waals surface area contributed by atoms with E-state index in [4.69, 9.17) is 0 Å². The van der Waals surface area contributed by atoms with Crippen molar-refractivity contribution in [2.45, 2.75) is 13.8 Å².